The molecule has 94 valence electrons. The summed E-state index contributed by atoms with van der Waals surface area (Å²) >= 11 is 0. The Morgan fingerprint density at radius 2 is 2.06 bits per heavy atom. The van der Waals surface area contributed by atoms with Crippen molar-refractivity contribution in [2.24, 2.45) is 5.92 Å². The van der Waals surface area contributed by atoms with Gasteiger partial charge in [0.15, 0.2) is 0 Å². The number of hydrogen-bond donors (Lipinski definition) is 1. The fourth-order valence-corrected chi connectivity index (χ4v) is 1.57. The number of rotatable bonds is 8. The van der Waals surface area contributed by atoms with E-state index < -0.39 is 0 Å². The van der Waals surface area contributed by atoms with Gasteiger partial charge in [0.05, 0.1) is 6.07 Å². The van der Waals surface area contributed by atoms with Gasteiger partial charge in [-0.25, -0.2) is 0 Å². The van der Waals surface area contributed by atoms with Crippen LogP contribution in [-0.4, -0.2) is 37.1 Å². The summed E-state index contributed by atoms with van der Waals surface area (Å²) in [5.41, 5.74) is -0.386. The summed E-state index contributed by atoms with van der Waals surface area (Å²) in [6, 6.07) is 2.34. The van der Waals surface area contributed by atoms with Gasteiger partial charge in [-0.3, -0.25) is 0 Å². The maximum atomic E-state index is 9.07. The van der Waals surface area contributed by atoms with Crippen LogP contribution in [0.5, 0.6) is 0 Å². The second-order valence-corrected chi connectivity index (χ2v) is 4.85. The summed E-state index contributed by atoms with van der Waals surface area (Å²) in [4.78, 5) is 2.43. The summed E-state index contributed by atoms with van der Waals surface area (Å²) in [6.45, 7) is 11.9. The van der Waals surface area contributed by atoms with E-state index in [1.807, 2.05) is 14.0 Å². The quantitative estimate of drug-likeness (QED) is 0.688. The molecule has 2 atom stereocenters. The van der Waals surface area contributed by atoms with Gasteiger partial charge in [-0.2, -0.15) is 5.26 Å². The summed E-state index contributed by atoms with van der Waals surface area (Å²) in [6.07, 6.45) is 2.10. The highest BCUT2D eigenvalue weighted by atomic mass is 15.1. The van der Waals surface area contributed by atoms with E-state index in [1.54, 1.807) is 0 Å². The van der Waals surface area contributed by atoms with Crippen molar-refractivity contribution in [3.05, 3.63) is 0 Å². The largest absolute Gasteiger partial charge is 0.303 e. The minimum Gasteiger partial charge on any atom is -0.303 e. The lowest BCUT2D eigenvalue weighted by Crippen LogP contribution is -2.42. The summed E-state index contributed by atoms with van der Waals surface area (Å²) in [5.74, 6) is 0.739. The topological polar surface area (TPSA) is 39.1 Å². The molecule has 3 heteroatoms. The van der Waals surface area contributed by atoms with Crippen LogP contribution in [0.4, 0.5) is 0 Å². The average Bonchev–Trinajstić information content (AvgIpc) is 2.33. The van der Waals surface area contributed by atoms with Gasteiger partial charge < -0.3 is 10.2 Å². The number of nitrogens with zero attached hydrogens (tertiary/aromatic N) is 2. The van der Waals surface area contributed by atoms with Crippen LogP contribution in [0.25, 0.3) is 0 Å². The molecule has 0 radical (unpaired) electrons. The highest BCUT2D eigenvalue weighted by molar-refractivity contribution is 5.03. The van der Waals surface area contributed by atoms with Crippen LogP contribution in [0.2, 0.25) is 0 Å². The third-order valence-corrected chi connectivity index (χ3v) is 3.44. The van der Waals surface area contributed by atoms with Crippen molar-refractivity contribution in [3.8, 4) is 6.07 Å². The molecule has 0 saturated heterocycles. The first-order chi connectivity index (χ1) is 7.51. The standard InChI is InChI=1S/C13H27N3/c1-6-12(3)10-16(7-2)9-8-13(4,11-14)15-5/h12,15H,6-10H2,1-5H3. The maximum absolute atomic E-state index is 9.07. The summed E-state index contributed by atoms with van der Waals surface area (Å²) < 4.78 is 0. The highest BCUT2D eigenvalue weighted by Gasteiger charge is 2.21. The Hall–Kier alpha value is -0.590. The predicted molar refractivity (Wildman–Crippen MR) is 69.3 cm³/mol. The van der Waals surface area contributed by atoms with Gasteiger partial charge in [-0.05, 0) is 32.9 Å². The molecule has 0 bridgehead atoms. The lowest BCUT2D eigenvalue weighted by Gasteiger charge is -2.28. The molecule has 0 amide bonds. The Balaban J connectivity index is 4.10. The molecule has 0 aromatic heterocycles. The van der Waals surface area contributed by atoms with Crippen molar-refractivity contribution >= 4 is 0 Å². The van der Waals surface area contributed by atoms with Gasteiger partial charge in [-0.15, -0.1) is 0 Å². The van der Waals surface area contributed by atoms with Crippen LogP contribution in [0.1, 0.15) is 40.5 Å². The molecule has 3 nitrogen and oxygen atoms in total. The molecule has 0 aliphatic heterocycles. The molecule has 0 aromatic rings. The second-order valence-electron chi connectivity index (χ2n) is 4.85. The SMILES string of the molecule is CCC(C)CN(CC)CCC(C)(C#N)NC. The molecular formula is C13H27N3. The van der Waals surface area contributed by atoms with E-state index in [-0.39, 0.29) is 5.54 Å². The number of nitrogens with one attached hydrogen (secondary N) is 1. The molecule has 0 aliphatic carbocycles. The van der Waals surface area contributed by atoms with E-state index >= 15 is 0 Å². The van der Waals surface area contributed by atoms with Crippen molar-refractivity contribution in [2.45, 2.75) is 46.1 Å². The highest BCUT2D eigenvalue weighted by Crippen LogP contribution is 2.10. The first-order valence-corrected chi connectivity index (χ1v) is 6.33. The molecule has 0 heterocycles. The number of nitriles is 1. The smallest absolute Gasteiger partial charge is 0.104 e. The maximum Gasteiger partial charge on any atom is 0.104 e. The molecular weight excluding hydrogens is 198 g/mol. The van der Waals surface area contributed by atoms with Gasteiger partial charge in [0, 0.05) is 13.1 Å². The lowest BCUT2D eigenvalue weighted by molar-refractivity contribution is 0.226. The average molecular weight is 225 g/mol. The van der Waals surface area contributed by atoms with Crippen LogP contribution in [0, 0.1) is 17.2 Å². The minimum absolute atomic E-state index is 0.386. The Bertz CT molecular complexity index is 222. The third-order valence-electron chi connectivity index (χ3n) is 3.44. The Kier molecular flexibility index (Phi) is 7.36. The van der Waals surface area contributed by atoms with Gasteiger partial charge in [0.2, 0.25) is 0 Å². The zero-order chi connectivity index (χ0) is 12.6. The van der Waals surface area contributed by atoms with Crippen molar-refractivity contribution in [1.29, 1.82) is 5.26 Å². The Labute approximate surface area is 101 Å². The van der Waals surface area contributed by atoms with E-state index in [1.165, 1.54) is 6.42 Å². The molecule has 1 N–H and O–H groups in total. The van der Waals surface area contributed by atoms with Gasteiger partial charge in [0.1, 0.15) is 5.54 Å². The monoisotopic (exact) mass is 225 g/mol. The van der Waals surface area contributed by atoms with Crippen LogP contribution < -0.4 is 5.32 Å². The molecule has 16 heavy (non-hydrogen) atoms. The number of hydrogen-bond acceptors (Lipinski definition) is 3. The molecule has 0 fully saturated rings. The summed E-state index contributed by atoms with van der Waals surface area (Å²) in [5, 5.41) is 12.2. The zero-order valence-corrected chi connectivity index (χ0v) is 11.5. The fourth-order valence-electron chi connectivity index (χ4n) is 1.57. The van der Waals surface area contributed by atoms with Crippen molar-refractivity contribution < 1.29 is 0 Å². The third kappa shape index (κ3) is 5.48. The van der Waals surface area contributed by atoms with Gasteiger partial charge in [0.25, 0.3) is 0 Å². The molecule has 0 aromatic carbocycles. The minimum atomic E-state index is -0.386. The van der Waals surface area contributed by atoms with E-state index in [0.29, 0.717) is 0 Å². The Morgan fingerprint density at radius 1 is 1.44 bits per heavy atom. The van der Waals surface area contributed by atoms with E-state index in [9.17, 15) is 0 Å². The first kappa shape index (κ1) is 15.4. The van der Waals surface area contributed by atoms with E-state index in [0.717, 1.165) is 32.0 Å². The zero-order valence-electron chi connectivity index (χ0n) is 11.5. The van der Waals surface area contributed by atoms with Crippen molar-refractivity contribution in [1.82, 2.24) is 10.2 Å². The first-order valence-electron chi connectivity index (χ1n) is 6.33. The fraction of sp³-hybridized carbons (Fsp3) is 0.923. The van der Waals surface area contributed by atoms with Crippen LogP contribution in [0.15, 0.2) is 0 Å². The van der Waals surface area contributed by atoms with Crippen LogP contribution in [-0.2, 0) is 0 Å². The molecule has 0 rings (SSSR count). The van der Waals surface area contributed by atoms with Crippen LogP contribution >= 0.6 is 0 Å². The van der Waals surface area contributed by atoms with E-state index in [4.69, 9.17) is 5.26 Å². The lowest BCUT2D eigenvalue weighted by atomic mass is 9.99. The van der Waals surface area contributed by atoms with Crippen molar-refractivity contribution in [2.75, 3.05) is 26.7 Å². The summed E-state index contributed by atoms with van der Waals surface area (Å²) in [7, 11) is 1.86. The normalized spacial score (nSPS) is 16.8. The second kappa shape index (κ2) is 7.65. The van der Waals surface area contributed by atoms with Gasteiger partial charge in [-0.1, -0.05) is 27.2 Å². The molecule has 0 aliphatic rings. The Morgan fingerprint density at radius 3 is 2.44 bits per heavy atom. The van der Waals surface area contributed by atoms with E-state index in [2.05, 4.69) is 37.1 Å². The molecule has 2 unspecified atom stereocenters. The van der Waals surface area contributed by atoms with Crippen LogP contribution in [0.3, 0.4) is 0 Å². The predicted octanol–water partition coefficient (Wildman–Crippen LogP) is 2.25. The molecule has 0 spiro atoms. The molecule has 0 saturated carbocycles. The van der Waals surface area contributed by atoms with Crippen molar-refractivity contribution in [3.63, 3.8) is 0 Å². The van der Waals surface area contributed by atoms with Gasteiger partial charge >= 0.3 is 0 Å².